The summed E-state index contributed by atoms with van der Waals surface area (Å²) in [6.45, 7) is 8.39. The van der Waals surface area contributed by atoms with E-state index in [1.54, 1.807) is 4.52 Å². The van der Waals surface area contributed by atoms with Crippen LogP contribution in [0.4, 0.5) is 5.69 Å². The first kappa shape index (κ1) is 20.7. The lowest BCUT2D eigenvalue weighted by Crippen LogP contribution is -2.46. The maximum Gasteiger partial charge on any atom is 0.273 e. The molecule has 0 atom stereocenters. The Balaban J connectivity index is 1.21. The quantitative estimate of drug-likeness (QED) is 0.609. The average Bonchev–Trinajstić information content (AvgIpc) is 3.51. The number of carbonyl (C=O) groups is 1. The van der Waals surface area contributed by atoms with E-state index in [2.05, 4.69) is 30.2 Å². The molecule has 1 aliphatic carbocycles. The van der Waals surface area contributed by atoms with E-state index in [4.69, 9.17) is 0 Å². The zero-order valence-electron chi connectivity index (χ0n) is 18.6. The highest BCUT2D eigenvalue weighted by Crippen LogP contribution is 2.23. The number of nitrogens with zero attached hydrogens (tertiary/aromatic N) is 5. The first-order valence-electron chi connectivity index (χ1n) is 11.4. The summed E-state index contributed by atoms with van der Waals surface area (Å²) in [5, 5.41) is 7.41. The minimum absolute atomic E-state index is 0.0752. The van der Waals surface area contributed by atoms with Crippen LogP contribution < -0.4 is 15.8 Å². The van der Waals surface area contributed by atoms with Crippen LogP contribution in [0.3, 0.4) is 0 Å². The molecule has 0 spiro atoms. The highest BCUT2D eigenvalue weighted by molar-refractivity contribution is 5.93. The number of H-pyrrole nitrogens is 1. The molecular formula is C23H29N7O2. The molecule has 1 aliphatic heterocycles. The van der Waals surface area contributed by atoms with Gasteiger partial charge in [0.05, 0.1) is 11.4 Å². The van der Waals surface area contributed by atoms with Crippen molar-refractivity contribution in [1.29, 1.82) is 0 Å². The van der Waals surface area contributed by atoms with E-state index in [0.717, 1.165) is 68.2 Å². The van der Waals surface area contributed by atoms with Crippen LogP contribution >= 0.6 is 0 Å². The molecule has 2 N–H and O–H groups in total. The van der Waals surface area contributed by atoms with Gasteiger partial charge in [-0.25, -0.2) is 9.50 Å². The molecule has 0 aromatic carbocycles. The fourth-order valence-corrected chi connectivity index (χ4v) is 4.27. The minimum Gasteiger partial charge on any atom is -0.368 e. The van der Waals surface area contributed by atoms with Gasteiger partial charge >= 0.3 is 0 Å². The van der Waals surface area contributed by atoms with Crippen molar-refractivity contribution < 1.29 is 4.79 Å². The number of fused-ring (bicyclic) bond motifs is 1. The maximum absolute atomic E-state index is 12.3. The van der Waals surface area contributed by atoms with E-state index in [9.17, 15) is 9.59 Å². The molecule has 4 heterocycles. The average molecular weight is 436 g/mol. The number of pyridine rings is 1. The van der Waals surface area contributed by atoms with Gasteiger partial charge in [-0.2, -0.15) is 5.10 Å². The summed E-state index contributed by atoms with van der Waals surface area (Å²) in [5.74, 6) is -0.0752. The van der Waals surface area contributed by atoms with Crippen molar-refractivity contribution in [2.75, 3.05) is 31.1 Å². The van der Waals surface area contributed by atoms with E-state index < -0.39 is 0 Å². The third kappa shape index (κ3) is 4.25. The fourth-order valence-electron chi connectivity index (χ4n) is 4.27. The van der Waals surface area contributed by atoms with Crippen LogP contribution in [-0.2, 0) is 13.0 Å². The summed E-state index contributed by atoms with van der Waals surface area (Å²) in [6, 6.07) is 6.19. The third-order valence-electron chi connectivity index (χ3n) is 6.25. The molecule has 2 fully saturated rings. The van der Waals surface area contributed by atoms with Crippen LogP contribution in [0, 0.1) is 6.92 Å². The first-order valence-corrected chi connectivity index (χ1v) is 11.4. The largest absolute Gasteiger partial charge is 0.368 e. The van der Waals surface area contributed by atoms with Crippen molar-refractivity contribution in [2.24, 2.45) is 0 Å². The summed E-state index contributed by atoms with van der Waals surface area (Å²) in [6.07, 6.45) is 4.75. The molecule has 1 saturated carbocycles. The number of aromatic amines is 1. The SMILES string of the molecule is CCc1nn2cc(CN3CCN(c4ccc(C(=O)NC5CC5)nc4C)CC3)cc2[nH]c1=O. The fraction of sp³-hybridized carbons (Fsp3) is 0.478. The summed E-state index contributed by atoms with van der Waals surface area (Å²) < 4.78 is 1.77. The predicted molar refractivity (Wildman–Crippen MR) is 122 cm³/mol. The number of hydrogen-bond donors (Lipinski definition) is 2. The number of anilines is 1. The molecule has 1 saturated heterocycles. The molecule has 2 aliphatic rings. The van der Waals surface area contributed by atoms with E-state index in [1.807, 2.05) is 38.2 Å². The second-order valence-electron chi connectivity index (χ2n) is 8.74. The molecule has 32 heavy (non-hydrogen) atoms. The van der Waals surface area contributed by atoms with E-state index in [-0.39, 0.29) is 11.5 Å². The number of amides is 1. The summed E-state index contributed by atoms with van der Waals surface area (Å²) in [5.41, 5.74) is 4.78. The second-order valence-corrected chi connectivity index (χ2v) is 8.74. The first-order chi connectivity index (χ1) is 15.5. The van der Waals surface area contributed by atoms with Gasteiger partial charge < -0.3 is 15.2 Å². The Morgan fingerprint density at radius 3 is 2.69 bits per heavy atom. The zero-order chi connectivity index (χ0) is 22.2. The minimum atomic E-state index is -0.113. The Bertz CT molecular complexity index is 1200. The van der Waals surface area contributed by atoms with Crippen LogP contribution in [0.2, 0.25) is 0 Å². The zero-order valence-corrected chi connectivity index (χ0v) is 18.6. The number of hydrogen-bond acceptors (Lipinski definition) is 6. The Morgan fingerprint density at radius 2 is 2.00 bits per heavy atom. The molecule has 0 bridgehead atoms. The van der Waals surface area contributed by atoms with Gasteiger partial charge in [0.2, 0.25) is 0 Å². The van der Waals surface area contributed by atoms with Crippen LogP contribution in [0.15, 0.2) is 29.2 Å². The lowest BCUT2D eigenvalue weighted by atomic mass is 10.2. The number of aryl methyl sites for hydroxylation is 2. The number of nitrogens with one attached hydrogen (secondary N) is 2. The van der Waals surface area contributed by atoms with Gasteiger partial charge in [0.1, 0.15) is 17.0 Å². The van der Waals surface area contributed by atoms with Crippen molar-refractivity contribution in [1.82, 2.24) is 29.8 Å². The predicted octanol–water partition coefficient (Wildman–Crippen LogP) is 1.50. The van der Waals surface area contributed by atoms with Crippen molar-refractivity contribution >= 4 is 17.2 Å². The highest BCUT2D eigenvalue weighted by atomic mass is 16.2. The van der Waals surface area contributed by atoms with Crippen LogP contribution in [0.1, 0.15) is 47.2 Å². The van der Waals surface area contributed by atoms with Crippen molar-refractivity contribution in [3.63, 3.8) is 0 Å². The van der Waals surface area contributed by atoms with E-state index in [1.165, 1.54) is 0 Å². The number of rotatable bonds is 6. The molecule has 0 unspecified atom stereocenters. The number of carbonyl (C=O) groups excluding carboxylic acids is 1. The maximum atomic E-state index is 12.3. The van der Waals surface area contributed by atoms with Gasteiger partial charge in [-0.15, -0.1) is 0 Å². The van der Waals surface area contributed by atoms with Gasteiger partial charge in [0.25, 0.3) is 11.5 Å². The summed E-state index contributed by atoms with van der Waals surface area (Å²) in [4.78, 5) is 36.5. The van der Waals surface area contributed by atoms with Crippen LogP contribution in [0.25, 0.3) is 5.65 Å². The normalized spacial score (nSPS) is 17.1. The Labute approximate surface area is 186 Å². The van der Waals surface area contributed by atoms with E-state index in [0.29, 0.717) is 23.9 Å². The lowest BCUT2D eigenvalue weighted by Gasteiger charge is -2.36. The van der Waals surface area contributed by atoms with Crippen molar-refractivity contribution in [3.05, 3.63) is 57.4 Å². The lowest BCUT2D eigenvalue weighted by molar-refractivity contribution is 0.0946. The van der Waals surface area contributed by atoms with Gasteiger partial charge in [0.15, 0.2) is 0 Å². The van der Waals surface area contributed by atoms with Crippen molar-refractivity contribution in [2.45, 2.75) is 45.7 Å². The van der Waals surface area contributed by atoms with E-state index >= 15 is 0 Å². The molecule has 9 nitrogen and oxygen atoms in total. The Hall–Kier alpha value is -3.20. The van der Waals surface area contributed by atoms with Crippen LogP contribution in [-0.4, -0.2) is 62.6 Å². The van der Waals surface area contributed by atoms with Gasteiger partial charge in [-0.05, 0) is 49.9 Å². The molecule has 5 rings (SSSR count). The summed E-state index contributed by atoms with van der Waals surface area (Å²) in [7, 11) is 0. The van der Waals surface area contributed by atoms with Gasteiger partial charge in [0, 0.05) is 45.0 Å². The monoisotopic (exact) mass is 435 g/mol. The Morgan fingerprint density at radius 1 is 1.22 bits per heavy atom. The summed E-state index contributed by atoms with van der Waals surface area (Å²) >= 11 is 0. The number of piperazine rings is 1. The smallest absolute Gasteiger partial charge is 0.273 e. The molecule has 3 aromatic rings. The molecule has 0 radical (unpaired) electrons. The van der Waals surface area contributed by atoms with Crippen molar-refractivity contribution in [3.8, 4) is 0 Å². The second kappa shape index (κ2) is 8.38. The molecule has 3 aromatic heterocycles. The molecule has 9 heteroatoms. The topological polar surface area (TPSA) is 98.6 Å². The van der Waals surface area contributed by atoms with Gasteiger partial charge in [-0.3, -0.25) is 14.5 Å². The molecular weight excluding hydrogens is 406 g/mol. The Kier molecular flexibility index (Phi) is 5.42. The molecule has 168 valence electrons. The van der Waals surface area contributed by atoms with Crippen LogP contribution in [0.5, 0.6) is 0 Å². The third-order valence-corrected chi connectivity index (χ3v) is 6.25. The highest BCUT2D eigenvalue weighted by Gasteiger charge is 2.25. The standard InChI is InChI=1S/C23H29N7O2/c1-3-18-22(31)26-21-12-16(14-30(21)27-18)13-28-8-10-29(11-9-28)20-7-6-19(24-15(20)2)23(32)25-17-4-5-17/h6-7,12,14,17H,3-5,8-11,13H2,1-2H3,(H,25,32)(H,26,31). The molecule has 1 amide bonds. The van der Waals surface area contributed by atoms with Gasteiger partial charge in [-0.1, -0.05) is 6.92 Å². The number of aromatic nitrogens is 4.